The van der Waals surface area contributed by atoms with Crippen molar-refractivity contribution in [2.24, 2.45) is 0 Å². The predicted octanol–water partition coefficient (Wildman–Crippen LogP) is 4.52. The lowest BCUT2D eigenvalue weighted by Crippen LogP contribution is -2.14. The molecule has 0 saturated heterocycles. The number of carbonyl (C=O) groups excluding carboxylic acids is 1. The Morgan fingerprint density at radius 3 is 2.45 bits per heavy atom. The molecule has 1 amide bonds. The van der Waals surface area contributed by atoms with E-state index in [9.17, 15) is 13.4 Å². The van der Waals surface area contributed by atoms with Crippen LogP contribution >= 0.6 is 0 Å². The number of nitrogen functional groups attached to an aromatic ring is 1. The Balaban J connectivity index is 1.56. The summed E-state index contributed by atoms with van der Waals surface area (Å²) in [5, 5.41) is 3.02. The molecule has 31 heavy (non-hydrogen) atoms. The van der Waals surface area contributed by atoms with Gasteiger partial charge >= 0.3 is 0 Å². The number of nitrogens with one attached hydrogen (secondary N) is 3. The van der Waals surface area contributed by atoms with Gasteiger partial charge in [0.1, 0.15) is 25.6 Å². The fraction of sp³-hybridized carbons (Fsp3) is 0. The van der Waals surface area contributed by atoms with E-state index in [2.05, 4.69) is 15.3 Å². The number of hydrogen-bond acceptors (Lipinski definition) is 5. The van der Waals surface area contributed by atoms with E-state index in [1.54, 1.807) is 48.7 Å². The number of halogens is 1. The minimum atomic E-state index is -3.29. The van der Waals surface area contributed by atoms with E-state index in [1.807, 2.05) is 0 Å². The fourth-order valence-corrected chi connectivity index (χ4v) is 4.16. The maximum absolute atomic E-state index is 13.2. The molecule has 0 aliphatic rings. The van der Waals surface area contributed by atoms with Gasteiger partial charge in [0.05, 0.1) is 16.9 Å². The minimum Gasteiger partial charge on any atom is -0.397 e. The second kappa shape index (κ2) is 8.04. The maximum Gasteiger partial charge on any atom is 0.257 e. The molecule has 0 radical (unpaired) electrons. The van der Waals surface area contributed by atoms with Gasteiger partial charge in [0.25, 0.3) is 5.91 Å². The molecule has 5 N–H and O–H groups in total. The van der Waals surface area contributed by atoms with Gasteiger partial charge in [0.15, 0.2) is 0 Å². The number of carbonyl (C=O) groups is 1. The van der Waals surface area contributed by atoms with Crippen LogP contribution in [0.3, 0.4) is 0 Å². The van der Waals surface area contributed by atoms with Gasteiger partial charge in [-0.15, -0.1) is 0 Å². The van der Waals surface area contributed by atoms with Crippen molar-refractivity contribution in [1.82, 2.24) is 9.97 Å². The zero-order valence-corrected chi connectivity index (χ0v) is 16.9. The zero-order chi connectivity index (χ0) is 22.0. The number of aromatic amines is 1. The third kappa shape index (κ3) is 4.17. The van der Waals surface area contributed by atoms with Crippen molar-refractivity contribution < 1.29 is 13.4 Å². The van der Waals surface area contributed by atoms with Crippen LogP contribution in [0.4, 0.5) is 15.8 Å². The van der Waals surface area contributed by atoms with Crippen LogP contribution in [0, 0.1) is 10.6 Å². The van der Waals surface area contributed by atoms with Crippen molar-refractivity contribution in [3.05, 3.63) is 90.5 Å². The molecule has 7 nitrogen and oxygen atoms in total. The molecule has 156 valence electrons. The number of benzene rings is 2. The molecular formula is C22H18FN5O2S. The van der Waals surface area contributed by atoms with Crippen molar-refractivity contribution in [3.8, 4) is 11.1 Å². The molecule has 2 aromatic heterocycles. The second-order valence-corrected chi connectivity index (χ2v) is 8.71. The Labute approximate surface area is 178 Å². The number of aromatic nitrogens is 2. The molecule has 2 aromatic carbocycles. The molecular weight excluding hydrogens is 417 g/mol. The van der Waals surface area contributed by atoms with E-state index in [1.165, 1.54) is 30.5 Å². The zero-order valence-electron chi connectivity index (χ0n) is 16.1. The number of rotatable bonds is 5. The van der Waals surface area contributed by atoms with E-state index >= 15 is 0 Å². The van der Waals surface area contributed by atoms with E-state index in [4.69, 9.17) is 10.5 Å². The molecule has 0 aliphatic carbocycles. The van der Waals surface area contributed by atoms with Gasteiger partial charge < -0.3 is 16.0 Å². The molecule has 1 atom stereocenters. The third-order valence-corrected chi connectivity index (χ3v) is 6.36. The summed E-state index contributed by atoms with van der Waals surface area (Å²) in [4.78, 5) is 19.5. The molecule has 4 aromatic rings. The van der Waals surface area contributed by atoms with Gasteiger partial charge in [-0.05, 0) is 59.7 Å². The highest BCUT2D eigenvalue weighted by molar-refractivity contribution is 7.92. The largest absolute Gasteiger partial charge is 0.397 e. The van der Waals surface area contributed by atoms with Crippen LogP contribution in [0.15, 0.2) is 89.2 Å². The number of hydrogen-bond donors (Lipinski definition) is 4. The number of anilines is 2. The Bertz CT molecular complexity index is 1330. The van der Waals surface area contributed by atoms with Crippen LogP contribution in [-0.4, -0.2) is 20.1 Å². The molecule has 0 fully saturated rings. The van der Waals surface area contributed by atoms with Gasteiger partial charge in [0, 0.05) is 12.4 Å². The van der Waals surface area contributed by atoms with Crippen LogP contribution in [0.2, 0.25) is 0 Å². The summed E-state index contributed by atoms with van der Waals surface area (Å²) >= 11 is 0. The van der Waals surface area contributed by atoms with Gasteiger partial charge in [0.2, 0.25) is 0 Å². The van der Waals surface area contributed by atoms with Gasteiger partial charge in [-0.1, -0.05) is 18.2 Å². The fourth-order valence-electron chi connectivity index (χ4n) is 2.97. The van der Waals surface area contributed by atoms with Crippen LogP contribution in [0.1, 0.15) is 10.4 Å². The lowest BCUT2D eigenvalue weighted by atomic mass is 10.0. The first-order valence-corrected chi connectivity index (χ1v) is 10.8. The first-order valence-electron chi connectivity index (χ1n) is 9.20. The maximum atomic E-state index is 13.2. The lowest BCUT2D eigenvalue weighted by molar-refractivity contribution is 0.102. The Morgan fingerprint density at radius 2 is 1.81 bits per heavy atom. The number of amides is 1. The van der Waals surface area contributed by atoms with Crippen molar-refractivity contribution in [2.75, 3.05) is 11.1 Å². The average Bonchev–Trinajstić information content (AvgIpc) is 3.32. The average molecular weight is 435 g/mol. The van der Waals surface area contributed by atoms with E-state index in [0.717, 1.165) is 11.1 Å². The first-order chi connectivity index (χ1) is 14.8. The Hall–Kier alpha value is -3.98. The molecule has 0 aliphatic heterocycles. The van der Waals surface area contributed by atoms with E-state index in [-0.39, 0.29) is 21.4 Å². The van der Waals surface area contributed by atoms with E-state index in [0.29, 0.717) is 11.4 Å². The molecule has 4 rings (SSSR count). The highest BCUT2D eigenvalue weighted by atomic mass is 32.2. The summed E-state index contributed by atoms with van der Waals surface area (Å²) in [5.41, 5.74) is 8.51. The molecule has 9 heteroatoms. The molecule has 1 unspecified atom stereocenters. The number of H-pyrrole nitrogens is 1. The molecule has 2 heterocycles. The number of nitrogens with zero attached hydrogens (tertiary/aromatic N) is 1. The first kappa shape index (κ1) is 20.3. The van der Waals surface area contributed by atoms with Gasteiger partial charge in [-0.2, -0.15) is 0 Å². The highest BCUT2D eigenvalue weighted by Crippen LogP contribution is 2.28. The smallest absolute Gasteiger partial charge is 0.257 e. The summed E-state index contributed by atoms with van der Waals surface area (Å²) in [5.74, 6) is -0.796. The third-order valence-electron chi connectivity index (χ3n) is 4.65. The number of pyridine rings is 1. The van der Waals surface area contributed by atoms with Crippen LogP contribution < -0.4 is 11.1 Å². The summed E-state index contributed by atoms with van der Waals surface area (Å²) in [7, 11) is -3.29. The highest BCUT2D eigenvalue weighted by Gasteiger charge is 2.17. The van der Waals surface area contributed by atoms with Gasteiger partial charge in [-0.25, -0.2) is 18.4 Å². The van der Waals surface area contributed by atoms with Crippen molar-refractivity contribution >= 4 is 27.0 Å². The Morgan fingerprint density at radius 1 is 1.06 bits per heavy atom. The monoisotopic (exact) mass is 435 g/mol. The standard InChI is InChI=1S/C22H18FN5O2S/c23-17-7-3-14(4-8-17)15-5-9-18(24)19(12-15)28-22(29)16-6-10-21(27-13-16)31(25,30)20-2-1-11-26-20/h1-13,25-26H,24H2,(H,28,29). The van der Waals surface area contributed by atoms with Gasteiger partial charge in [-0.3, -0.25) is 4.79 Å². The van der Waals surface area contributed by atoms with Crippen LogP contribution in [0.5, 0.6) is 0 Å². The second-order valence-electron chi connectivity index (χ2n) is 6.74. The summed E-state index contributed by atoms with van der Waals surface area (Å²) < 4.78 is 34.0. The van der Waals surface area contributed by atoms with Crippen LogP contribution in [-0.2, 0) is 9.73 Å². The van der Waals surface area contributed by atoms with Crippen molar-refractivity contribution in [2.45, 2.75) is 10.1 Å². The topological polar surface area (TPSA) is 125 Å². The van der Waals surface area contributed by atoms with Crippen LogP contribution in [0.25, 0.3) is 11.1 Å². The summed E-state index contributed by atoms with van der Waals surface area (Å²) in [6.45, 7) is 0. The van der Waals surface area contributed by atoms with Crippen molar-refractivity contribution in [1.29, 1.82) is 4.78 Å². The van der Waals surface area contributed by atoms with E-state index < -0.39 is 15.6 Å². The lowest BCUT2D eigenvalue weighted by Gasteiger charge is -2.11. The normalized spacial score (nSPS) is 12.8. The summed E-state index contributed by atoms with van der Waals surface area (Å²) in [6, 6.07) is 17.2. The Kier molecular flexibility index (Phi) is 5.26. The quantitative estimate of drug-likeness (QED) is 0.344. The molecule has 0 spiro atoms. The number of nitrogens with two attached hydrogens (primary N) is 1. The van der Waals surface area contributed by atoms with Crippen molar-refractivity contribution in [3.63, 3.8) is 0 Å². The SMILES string of the molecule is N=S(=O)(c1ccc(C(=O)Nc2cc(-c3ccc(F)cc3)ccc2N)cn1)c1ccc[nH]1. The summed E-state index contributed by atoms with van der Waals surface area (Å²) in [6.07, 6.45) is 2.84. The minimum absolute atomic E-state index is 0.0457. The molecule has 0 saturated carbocycles. The molecule has 0 bridgehead atoms. The predicted molar refractivity (Wildman–Crippen MR) is 117 cm³/mol.